The fraction of sp³-hybridized carbons (Fsp3) is 0.480. The molecule has 1 aliphatic carbocycles. The van der Waals surface area contributed by atoms with E-state index in [2.05, 4.69) is 25.5 Å². The maximum absolute atomic E-state index is 12.4. The summed E-state index contributed by atoms with van der Waals surface area (Å²) in [5.41, 5.74) is 1.49. The maximum atomic E-state index is 12.4. The molecule has 2 aliphatic rings. The van der Waals surface area contributed by atoms with Gasteiger partial charge in [0.25, 0.3) is 5.56 Å². The van der Waals surface area contributed by atoms with Crippen LogP contribution in [0, 0.1) is 0 Å². The van der Waals surface area contributed by atoms with Crippen molar-refractivity contribution in [3.05, 3.63) is 46.9 Å². The lowest BCUT2D eigenvalue weighted by atomic mass is 9.95. The second kappa shape index (κ2) is 9.28. The van der Waals surface area contributed by atoms with Crippen LogP contribution >= 0.6 is 0 Å². The number of carbonyl (C=O) groups is 1. The number of nitrogens with one attached hydrogen (secondary N) is 3. The Morgan fingerprint density at radius 2 is 1.75 bits per heavy atom. The third-order valence-corrected chi connectivity index (χ3v) is 6.91. The molecule has 1 amide bonds. The highest BCUT2D eigenvalue weighted by molar-refractivity contribution is 6.10. The van der Waals surface area contributed by atoms with Gasteiger partial charge in [0, 0.05) is 53.2 Å². The Balaban J connectivity index is 1.23. The van der Waals surface area contributed by atoms with Crippen LogP contribution in [0.15, 0.2) is 41.3 Å². The van der Waals surface area contributed by atoms with Crippen molar-refractivity contribution in [2.45, 2.75) is 57.0 Å². The summed E-state index contributed by atoms with van der Waals surface area (Å²) in [6, 6.07) is 10.3. The quantitative estimate of drug-likeness (QED) is 0.537. The van der Waals surface area contributed by atoms with Crippen LogP contribution in [0.4, 0.5) is 5.69 Å². The van der Waals surface area contributed by atoms with Gasteiger partial charge in [0.2, 0.25) is 5.91 Å². The van der Waals surface area contributed by atoms with Gasteiger partial charge in [-0.15, -0.1) is 0 Å². The van der Waals surface area contributed by atoms with Crippen molar-refractivity contribution < 1.29 is 4.79 Å². The first-order valence-electron chi connectivity index (χ1n) is 11.9. The molecule has 1 aliphatic heterocycles. The lowest BCUT2D eigenvalue weighted by molar-refractivity contribution is -0.123. The summed E-state index contributed by atoms with van der Waals surface area (Å²) < 4.78 is 0. The summed E-state index contributed by atoms with van der Waals surface area (Å²) in [6.07, 6.45) is 9.69. The number of hydrogen-bond donors (Lipinski definition) is 3. The fourth-order valence-corrected chi connectivity index (χ4v) is 5.20. The van der Waals surface area contributed by atoms with Gasteiger partial charge in [-0.25, -0.2) is 4.98 Å². The van der Waals surface area contributed by atoms with Gasteiger partial charge in [-0.05, 0) is 37.8 Å². The molecule has 0 atom stereocenters. The first-order chi connectivity index (χ1) is 15.7. The third-order valence-electron chi connectivity index (χ3n) is 6.91. The van der Waals surface area contributed by atoms with E-state index in [-0.39, 0.29) is 11.5 Å². The molecule has 1 saturated heterocycles. The Kier molecular flexibility index (Phi) is 6.08. The summed E-state index contributed by atoms with van der Waals surface area (Å²) in [4.78, 5) is 34.4. The van der Waals surface area contributed by atoms with Crippen LogP contribution < -0.4 is 16.2 Å². The molecule has 3 heterocycles. The van der Waals surface area contributed by atoms with E-state index in [1.807, 2.05) is 30.3 Å². The van der Waals surface area contributed by atoms with E-state index in [0.717, 1.165) is 55.2 Å². The molecule has 7 heteroatoms. The topological polar surface area (TPSA) is 90.1 Å². The SMILES string of the molecule is O=C(CN1CCC(Nc2ccnc3[nH]c(=O)c4ccccc4c23)CC1)NC1CCCCC1. The van der Waals surface area contributed by atoms with Crippen LogP contribution in [0.25, 0.3) is 21.8 Å². The van der Waals surface area contributed by atoms with E-state index in [9.17, 15) is 9.59 Å². The second-order valence-corrected chi connectivity index (χ2v) is 9.18. The molecule has 3 aromatic rings. The number of fused-ring (bicyclic) bond motifs is 3. The Bertz CT molecular complexity index is 1160. The molecule has 2 aromatic heterocycles. The van der Waals surface area contributed by atoms with Crippen LogP contribution in [0.1, 0.15) is 44.9 Å². The molecule has 7 nitrogen and oxygen atoms in total. The van der Waals surface area contributed by atoms with Crippen LogP contribution in [0.2, 0.25) is 0 Å². The Hall–Kier alpha value is -2.93. The number of H-pyrrole nitrogens is 1. The van der Waals surface area contributed by atoms with Crippen molar-refractivity contribution in [2.75, 3.05) is 25.0 Å². The summed E-state index contributed by atoms with van der Waals surface area (Å²) in [6.45, 7) is 2.29. The summed E-state index contributed by atoms with van der Waals surface area (Å²) in [5.74, 6) is 0.166. The Morgan fingerprint density at radius 3 is 2.53 bits per heavy atom. The molecule has 5 rings (SSSR count). The molecular weight excluding hydrogens is 402 g/mol. The first kappa shape index (κ1) is 20.9. The summed E-state index contributed by atoms with van der Waals surface area (Å²) in [7, 11) is 0. The van der Waals surface area contributed by atoms with Crippen molar-refractivity contribution in [1.29, 1.82) is 0 Å². The number of hydrogen-bond acceptors (Lipinski definition) is 5. The minimum absolute atomic E-state index is 0.113. The van der Waals surface area contributed by atoms with Gasteiger partial charge >= 0.3 is 0 Å². The number of carbonyl (C=O) groups excluding carboxylic acids is 1. The predicted molar refractivity (Wildman–Crippen MR) is 128 cm³/mol. The zero-order chi connectivity index (χ0) is 21.9. The molecule has 0 radical (unpaired) electrons. The Morgan fingerprint density at radius 1 is 1.00 bits per heavy atom. The van der Waals surface area contributed by atoms with Gasteiger partial charge in [-0.2, -0.15) is 0 Å². The van der Waals surface area contributed by atoms with Crippen LogP contribution in [-0.4, -0.2) is 52.5 Å². The lowest BCUT2D eigenvalue weighted by Crippen LogP contribution is -2.46. The number of piperidine rings is 1. The van der Waals surface area contributed by atoms with Crippen LogP contribution in [0.3, 0.4) is 0 Å². The minimum atomic E-state index is -0.113. The van der Waals surface area contributed by atoms with E-state index in [4.69, 9.17) is 0 Å². The minimum Gasteiger partial charge on any atom is -0.382 e. The van der Waals surface area contributed by atoms with E-state index < -0.39 is 0 Å². The van der Waals surface area contributed by atoms with Crippen LogP contribution in [-0.2, 0) is 4.79 Å². The van der Waals surface area contributed by atoms with Crippen molar-refractivity contribution in [3.63, 3.8) is 0 Å². The molecule has 0 bridgehead atoms. The van der Waals surface area contributed by atoms with Gasteiger partial charge < -0.3 is 15.6 Å². The third kappa shape index (κ3) is 4.48. The highest BCUT2D eigenvalue weighted by atomic mass is 16.2. The van der Waals surface area contributed by atoms with Crippen LogP contribution in [0.5, 0.6) is 0 Å². The van der Waals surface area contributed by atoms with Gasteiger partial charge in [-0.1, -0.05) is 37.5 Å². The largest absolute Gasteiger partial charge is 0.382 e. The number of amides is 1. The average Bonchev–Trinajstić information content (AvgIpc) is 2.81. The first-order valence-corrected chi connectivity index (χ1v) is 11.9. The van der Waals surface area contributed by atoms with E-state index in [1.165, 1.54) is 19.3 Å². The zero-order valence-electron chi connectivity index (χ0n) is 18.4. The molecule has 3 N–H and O–H groups in total. The number of benzene rings is 1. The molecule has 0 unspecified atom stereocenters. The second-order valence-electron chi connectivity index (χ2n) is 9.18. The zero-order valence-corrected chi connectivity index (χ0v) is 18.4. The Labute approximate surface area is 187 Å². The molecule has 168 valence electrons. The normalized spacial score (nSPS) is 18.8. The van der Waals surface area contributed by atoms with Crippen molar-refractivity contribution >= 4 is 33.4 Å². The van der Waals surface area contributed by atoms with Gasteiger partial charge in [0.05, 0.1) is 6.54 Å². The van der Waals surface area contributed by atoms with Crippen molar-refractivity contribution in [3.8, 4) is 0 Å². The fourth-order valence-electron chi connectivity index (χ4n) is 5.20. The predicted octanol–water partition coefficient (Wildman–Crippen LogP) is 3.40. The molecule has 0 spiro atoms. The van der Waals surface area contributed by atoms with Gasteiger partial charge in [-0.3, -0.25) is 14.5 Å². The van der Waals surface area contributed by atoms with E-state index >= 15 is 0 Å². The summed E-state index contributed by atoms with van der Waals surface area (Å²) >= 11 is 0. The maximum Gasteiger partial charge on any atom is 0.257 e. The average molecular weight is 434 g/mol. The number of rotatable bonds is 5. The van der Waals surface area contributed by atoms with Gasteiger partial charge in [0.15, 0.2) is 0 Å². The number of nitrogens with zero attached hydrogens (tertiary/aromatic N) is 2. The number of pyridine rings is 2. The van der Waals surface area contributed by atoms with E-state index in [0.29, 0.717) is 29.7 Å². The number of likely N-dealkylation sites (tertiary alicyclic amines) is 1. The highest BCUT2D eigenvalue weighted by Gasteiger charge is 2.23. The number of aromatic nitrogens is 2. The molecule has 2 fully saturated rings. The lowest BCUT2D eigenvalue weighted by Gasteiger charge is -2.33. The molecule has 1 saturated carbocycles. The van der Waals surface area contributed by atoms with E-state index in [1.54, 1.807) is 6.20 Å². The smallest absolute Gasteiger partial charge is 0.257 e. The summed E-state index contributed by atoms with van der Waals surface area (Å²) in [5, 5.41) is 9.46. The number of anilines is 1. The molecule has 32 heavy (non-hydrogen) atoms. The highest BCUT2D eigenvalue weighted by Crippen LogP contribution is 2.28. The standard InChI is InChI=1S/C25H31N5O2/c31-22(28-17-6-2-1-3-7-17)16-30-14-11-18(12-15-30)27-21-10-13-26-24-23(21)19-8-4-5-9-20(19)25(32)29-24/h4-5,8-10,13,17-18H,1-3,6-7,11-12,14-16H2,(H,28,31)(H2,26,27,29,32). The van der Waals surface area contributed by atoms with Crippen molar-refractivity contribution in [1.82, 2.24) is 20.2 Å². The number of aromatic amines is 1. The monoisotopic (exact) mass is 433 g/mol. The molecular formula is C25H31N5O2. The van der Waals surface area contributed by atoms with Gasteiger partial charge in [0.1, 0.15) is 5.65 Å². The van der Waals surface area contributed by atoms with Crippen molar-refractivity contribution in [2.24, 2.45) is 0 Å². The molecule has 1 aromatic carbocycles.